The maximum absolute atomic E-state index is 13.4. The molecule has 0 bridgehead atoms. The molecule has 206 valence electrons. The van der Waals surface area contributed by atoms with Crippen LogP contribution in [0.2, 0.25) is 0 Å². The fourth-order valence-corrected chi connectivity index (χ4v) is 6.74. The van der Waals surface area contributed by atoms with Crippen molar-refractivity contribution in [3.8, 4) is 22.4 Å². The van der Waals surface area contributed by atoms with Crippen LogP contribution < -0.4 is 9.80 Å². The highest BCUT2D eigenvalue weighted by Gasteiger charge is 2.31. The minimum Gasteiger partial charge on any atom is -0.481 e. The normalized spacial score (nSPS) is 16.7. The van der Waals surface area contributed by atoms with Crippen LogP contribution in [0.5, 0.6) is 0 Å². The number of carboxylic acids is 1. The second-order valence-electron chi connectivity index (χ2n) is 10.6. The Balaban J connectivity index is 1.39. The summed E-state index contributed by atoms with van der Waals surface area (Å²) in [6.45, 7) is 4.46. The second-order valence-corrected chi connectivity index (χ2v) is 11.4. The topological polar surface area (TPSA) is 117 Å². The van der Waals surface area contributed by atoms with Crippen LogP contribution in [0.4, 0.5) is 10.9 Å². The van der Waals surface area contributed by atoms with Gasteiger partial charge in [-0.3, -0.25) is 24.2 Å². The maximum atomic E-state index is 13.4. The Morgan fingerprint density at radius 3 is 2.56 bits per heavy atom. The highest BCUT2D eigenvalue weighted by molar-refractivity contribution is 7.14. The summed E-state index contributed by atoms with van der Waals surface area (Å²) in [5.41, 5.74) is 3.24. The fourth-order valence-electron chi connectivity index (χ4n) is 5.96. The van der Waals surface area contributed by atoms with Crippen molar-refractivity contribution in [3.05, 3.63) is 35.2 Å². The summed E-state index contributed by atoms with van der Waals surface area (Å²) in [7, 11) is 1.67. The predicted molar refractivity (Wildman–Crippen MR) is 150 cm³/mol. The molecule has 1 saturated heterocycles. The zero-order valence-corrected chi connectivity index (χ0v) is 23.4. The van der Waals surface area contributed by atoms with Crippen molar-refractivity contribution in [1.82, 2.24) is 9.97 Å². The lowest BCUT2D eigenvalue weighted by Crippen LogP contribution is -2.35. The molecule has 3 aromatic heterocycles. The van der Waals surface area contributed by atoms with Crippen molar-refractivity contribution >= 4 is 40.1 Å². The van der Waals surface area contributed by atoms with Crippen LogP contribution in [-0.2, 0) is 14.4 Å². The Bertz CT molecular complexity index is 1370. The van der Waals surface area contributed by atoms with Crippen LogP contribution >= 0.6 is 11.3 Å². The molecular weight excluding hydrogens is 516 g/mol. The lowest BCUT2D eigenvalue weighted by Gasteiger charge is -2.23. The van der Waals surface area contributed by atoms with E-state index < -0.39 is 11.9 Å². The lowest BCUT2D eigenvalue weighted by atomic mass is 9.90. The van der Waals surface area contributed by atoms with Crippen molar-refractivity contribution < 1.29 is 23.9 Å². The molecule has 0 aromatic carbocycles. The molecular formula is C29H34N4O5S. The Hall–Kier alpha value is -3.53. The first-order valence-corrected chi connectivity index (χ1v) is 14.4. The molecule has 10 heteroatoms. The highest BCUT2D eigenvalue weighted by Crippen LogP contribution is 2.41. The number of amides is 2. The molecule has 5 rings (SSSR count). The molecule has 2 amide bonds. The van der Waals surface area contributed by atoms with E-state index in [1.165, 1.54) is 16.2 Å². The number of hydrogen-bond donors (Lipinski definition) is 1. The van der Waals surface area contributed by atoms with Gasteiger partial charge in [0.25, 0.3) is 0 Å². The van der Waals surface area contributed by atoms with Gasteiger partial charge in [0.1, 0.15) is 17.3 Å². The second kappa shape index (κ2) is 11.3. The Labute approximate surface area is 231 Å². The molecule has 2 aliphatic rings. The maximum Gasteiger partial charge on any atom is 0.304 e. The van der Waals surface area contributed by atoms with Gasteiger partial charge in [-0.1, -0.05) is 25.7 Å². The van der Waals surface area contributed by atoms with Gasteiger partial charge in [-0.2, -0.15) is 0 Å². The number of rotatable bonds is 9. The lowest BCUT2D eigenvalue weighted by molar-refractivity contribution is -0.140. The summed E-state index contributed by atoms with van der Waals surface area (Å²) in [6.07, 6.45) is 7.97. The third-order valence-electron chi connectivity index (χ3n) is 7.88. The number of furan rings is 1. The average Bonchev–Trinajstić information content (AvgIpc) is 3.71. The molecule has 3 aromatic rings. The molecule has 1 unspecified atom stereocenters. The van der Waals surface area contributed by atoms with Gasteiger partial charge in [0.2, 0.25) is 11.8 Å². The van der Waals surface area contributed by atoms with Crippen molar-refractivity contribution in [2.24, 2.45) is 11.8 Å². The van der Waals surface area contributed by atoms with E-state index in [0.717, 1.165) is 54.6 Å². The SMILES string of the molecule is Cc1oc(C)c(-c2csc(N(C)C(=O)C(CC(=O)O)CC3CCCC3)n2)c1-c1ccc(N2CCCC2=O)nc1. The third-order valence-corrected chi connectivity index (χ3v) is 8.79. The van der Waals surface area contributed by atoms with E-state index >= 15 is 0 Å². The van der Waals surface area contributed by atoms with Gasteiger partial charge >= 0.3 is 5.97 Å². The number of anilines is 2. The predicted octanol–water partition coefficient (Wildman–Crippen LogP) is 5.84. The first-order chi connectivity index (χ1) is 18.7. The molecule has 1 atom stereocenters. The van der Waals surface area contributed by atoms with Crippen LogP contribution in [0.15, 0.2) is 28.1 Å². The van der Waals surface area contributed by atoms with Crippen molar-refractivity contribution in [1.29, 1.82) is 0 Å². The van der Waals surface area contributed by atoms with Crippen LogP contribution in [-0.4, -0.2) is 46.5 Å². The number of carbonyl (C=O) groups is 3. The van der Waals surface area contributed by atoms with Crippen molar-refractivity contribution in [3.63, 3.8) is 0 Å². The number of carbonyl (C=O) groups excluding carboxylic acids is 2. The van der Waals surface area contributed by atoms with Crippen molar-refractivity contribution in [2.45, 2.75) is 65.2 Å². The van der Waals surface area contributed by atoms with Gasteiger partial charge in [0.05, 0.1) is 17.7 Å². The molecule has 0 radical (unpaired) electrons. The van der Waals surface area contributed by atoms with Gasteiger partial charge in [-0.15, -0.1) is 11.3 Å². The number of aryl methyl sites for hydroxylation is 2. The molecule has 39 heavy (non-hydrogen) atoms. The molecule has 2 fully saturated rings. The van der Waals surface area contributed by atoms with Crippen molar-refractivity contribution in [2.75, 3.05) is 23.4 Å². The number of thiazole rings is 1. The summed E-state index contributed by atoms with van der Waals surface area (Å²) >= 11 is 1.35. The number of aliphatic carboxylic acids is 1. The van der Waals surface area contributed by atoms with Crippen LogP contribution in [0.1, 0.15) is 62.9 Å². The minimum absolute atomic E-state index is 0.0915. The molecule has 1 N–H and O–H groups in total. The minimum atomic E-state index is -0.956. The molecule has 1 aliphatic carbocycles. The van der Waals surface area contributed by atoms with E-state index in [0.29, 0.717) is 47.7 Å². The summed E-state index contributed by atoms with van der Waals surface area (Å²) in [4.78, 5) is 49.6. The molecule has 0 spiro atoms. The zero-order valence-electron chi connectivity index (χ0n) is 22.6. The van der Waals surface area contributed by atoms with Crippen LogP contribution in [0, 0.1) is 25.7 Å². The quantitative estimate of drug-likeness (QED) is 0.356. The molecule has 9 nitrogen and oxygen atoms in total. The van der Waals surface area contributed by atoms with Crippen LogP contribution in [0.25, 0.3) is 22.4 Å². The smallest absolute Gasteiger partial charge is 0.304 e. The Morgan fingerprint density at radius 2 is 1.92 bits per heavy atom. The van der Waals surface area contributed by atoms with E-state index in [1.54, 1.807) is 18.1 Å². The van der Waals surface area contributed by atoms with E-state index in [9.17, 15) is 19.5 Å². The Morgan fingerprint density at radius 1 is 1.18 bits per heavy atom. The standard InChI is InChI=1S/C29H34N4O5S/c1-17-26(20-10-11-23(30-15-20)33-12-6-9-24(33)34)27(18(2)38-17)22-16-39-29(31-22)32(3)28(37)21(14-25(35)36)13-19-7-4-5-8-19/h10-11,15-16,19,21H,4-9,12-14H2,1-3H3,(H,35,36). The van der Waals surface area contributed by atoms with Gasteiger partial charge < -0.3 is 9.52 Å². The van der Waals surface area contributed by atoms with E-state index in [4.69, 9.17) is 9.40 Å². The van der Waals surface area contributed by atoms with Gasteiger partial charge in [-0.05, 0) is 44.7 Å². The Kier molecular flexibility index (Phi) is 7.83. The number of hydrogen-bond acceptors (Lipinski definition) is 7. The van der Waals surface area contributed by atoms with E-state index in [-0.39, 0.29) is 18.2 Å². The summed E-state index contributed by atoms with van der Waals surface area (Å²) < 4.78 is 6.00. The number of aromatic nitrogens is 2. The summed E-state index contributed by atoms with van der Waals surface area (Å²) in [5, 5.41) is 11.9. The highest BCUT2D eigenvalue weighted by atomic mass is 32.1. The van der Waals surface area contributed by atoms with Crippen LogP contribution in [0.3, 0.4) is 0 Å². The van der Waals surface area contributed by atoms with Gasteiger partial charge in [-0.25, -0.2) is 9.97 Å². The molecule has 1 aliphatic heterocycles. The summed E-state index contributed by atoms with van der Waals surface area (Å²) in [6, 6.07) is 3.80. The third kappa shape index (κ3) is 5.61. The first-order valence-electron chi connectivity index (χ1n) is 13.5. The fraction of sp³-hybridized carbons (Fsp3) is 0.483. The van der Waals surface area contributed by atoms with E-state index in [1.807, 2.05) is 31.4 Å². The largest absolute Gasteiger partial charge is 0.481 e. The molecule has 1 saturated carbocycles. The zero-order chi connectivity index (χ0) is 27.7. The van der Waals surface area contributed by atoms with Gasteiger partial charge in [0.15, 0.2) is 5.13 Å². The number of pyridine rings is 1. The average molecular weight is 551 g/mol. The number of nitrogens with zero attached hydrogens (tertiary/aromatic N) is 4. The van der Waals surface area contributed by atoms with Gasteiger partial charge in [0, 0.05) is 48.6 Å². The van der Waals surface area contributed by atoms with E-state index in [2.05, 4.69) is 4.98 Å². The summed E-state index contributed by atoms with van der Waals surface area (Å²) in [5.74, 6) is 0.844. The first kappa shape index (κ1) is 27.1. The molecule has 4 heterocycles. The number of carboxylic acid groups (broad SMARTS) is 1. The monoisotopic (exact) mass is 550 g/mol.